The summed E-state index contributed by atoms with van der Waals surface area (Å²) in [6, 6.07) is 11.4. The van der Waals surface area contributed by atoms with Gasteiger partial charge in [0.2, 0.25) is 0 Å². The molecule has 2 rings (SSSR count). The molecule has 2 atom stereocenters. The molecule has 0 aromatic heterocycles. The first-order valence-electron chi connectivity index (χ1n) is 13.2. The molecule has 10 heteroatoms. The summed E-state index contributed by atoms with van der Waals surface area (Å²) >= 11 is 0. The van der Waals surface area contributed by atoms with E-state index >= 15 is 0 Å². The molecule has 0 aliphatic rings. The van der Waals surface area contributed by atoms with Gasteiger partial charge < -0.3 is 29.9 Å². The van der Waals surface area contributed by atoms with Crippen molar-refractivity contribution in [1.29, 1.82) is 0 Å². The van der Waals surface area contributed by atoms with Gasteiger partial charge in [-0.05, 0) is 12.1 Å². The van der Waals surface area contributed by atoms with Gasteiger partial charge in [-0.25, -0.2) is 0 Å². The molecule has 10 nitrogen and oxygen atoms in total. The number of carbonyl (C=O) groups is 2. The maximum absolute atomic E-state index is 12.8. The number of phenolic OH excluding ortho intramolecular Hbond substituents is 2. The largest absolute Gasteiger partial charge is 0.508 e. The Bertz CT molecular complexity index is 1040. The van der Waals surface area contributed by atoms with Crippen molar-refractivity contribution < 1.29 is 39.5 Å². The molecule has 0 amide bonds. The second-order valence-electron chi connectivity index (χ2n) is 11.5. The number of para-hydroxylation sites is 2. The van der Waals surface area contributed by atoms with E-state index in [0.29, 0.717) is 11.1 Å². The Balaban J connectivity index is 2.57. The van der Waals surface area contributed by atoms with Gasteiger partial charge in [-0.1, -0.05) is 64.1 Å². The minimum absolute atomic E-state index is 0.0649. The molecule has 4 N–H and O–H groups in total. The maximum Gasteiger partial charge on any atom is 0.321 e. The summed E-state index contributed by atoms with van der Waals surface area (Å²) in [6.45, 7) is 8.03. The third-order valence-electron chi connectivity index (χ3n) is 7.09. The highest BCUT2D eigenvalue weighted by atomic mass is 16.5. The zero-order chi connectivity index (χ0) is 30.1. The van der Waals surface area contributed by atoms with E-state index in [-0.39, 0.29) is 50.9 Å². The Kier molecular flexibility index (Phi) is 11.9. The lowest BCUT2D eigenvalue weighted by Gasteiger charge is -2.46. The number of carboxylic acids is 2. The average Bonchev–Trinajstić information content (AvgIpc) is 2.84. The van der Waals surface area contributed by atoms with E-state index < -0.39 is 34.9 Å². The summed E-state index contributed by atoms with van der Waals surface area (Å²) in [5, 5.41) is 41.8. The van der Waals surface area contributed by atoms with E-state index in [1.807, 2.05) is 4.90 Å². The molecular formula is C30H44N2O8. The van der Waals surface area contributed by atoms with Crippen molar-refractivity contribution in [3.05, 3.63) is 59.7 Å². The fourth-order valence-corrected chi connectivity index (χ4v) is 5.40. The number of methoxy groups -OCH3 is 2. The highest BCUT2D eigenvalue weighted by Gasteiger charge is 2.49. The van der Waals surface area contributed by atoms with Crippen LogP contribution in [-0.4, -0.2) is 94.8 Å². The zero-order valence-electron chi connectivity index (χ0n) is 24.3. The SMILES string of the molecule is COCC(C)(C)C(C(=O)O)N(CCN(Cc1ccccc1O)Cc1ccccc1O)C(C(=O)O)C(C)(C)COC. The lowest BCUT2D eigenvalue weighted by Crippen LogP contribution is -2.63. The second kappa shape index (κ2) is 14.5. The number of carboxylic acid groups (broad SMARTS) is 2. The van der Waals surface area contributed by atoms with Crippen LogP contribution in [0.2, 0.25) is 0 Å². The fourth-order valence-electron chi connectivity index (χ4n) is 5.40. The molecule has 0 spiro atoms. The maximum atomic E-state index is 12.8. The lowest BCUT2D eigenvalue weighted by atomic mass is 9.78. The summed E-state index contributed by atoms with van der Waals surface area (Å²) < 4.78 is 10.7. The van der Waals surface area contributed by atoms with E-state index in [9.17, 15) is 30.0 Å². The van der Waals surface area contributed by atoms with Crippen LogP contribution in [-0.2, 0) is 32.2 Å². The van der Waals surface area contributed by atoms with Crippen LogP contribution in [0.3, 0.4) is 0 Å². The third-order valence-corrected chi connectivity index (χ3v) is 7.09. The van der Waals surface area contributed by atoms with Gasteiger partial charge in [0.25, 0.3) is 0 Å². The normalized spacial score (nSPS) is 13.9. The Labute approximate surface area is 236 Å². The van der Waals surface area contributed by atoms with Gasteiger partial charge in [-0.2, -0.15) is 0 Å². The molecule has 0 aliphatic heterocycles. The molecule has 0 saturated heterocycles. The molecule has 2 aromatic rings. The molecule has 0 fully saturated rings. The minimum atomic E-state index is -1.21. The minimum Gasteiger partial charge on any atom is -0.508 e. The van der Waals surface area contributed by atoms with E-state index in [2.05, 4.69) is 0 Å². The van der Waals surface area contributed by atoms with Crippen molar-refractivity contribution >= 4 is 11.9 Å². The van der Waals surface area contributed by atoms with Crippen molar-refractivity contribution in [2.45, 2.75) is 52.9 Å². The van der Waals surface area contributed by atoms with E-state index in [1.54, 1.807) is 76.2 Å². The molecule has 2 aromatic carbocycles. The third kappa shape index (κ3) is 8.66. The molecular weight excluding hydrogens is 516 g/mol. The van der Waals surface area contributed by atoms with Gasteiger partial charge in [0.1, 0.15) is 23.6 Å². The summed E-state index contributed by atoms with van der Waals surface area (Å²) in [7, 11) is 2.96. The monoisotopic (exact) mass is 560 g/mol. The molecule has 0 radical (unpaired) electrons. The zero-order valence-corrected chi connectivity index (χ0v) is 24.3. The number of ether oxygens (including phenoxy) is 2. The number of aliphatic carboxylic acids is 2. The van der Waals surface area contributed by atoms with Crippen LogP contribution in [0.5, 0.6) is 11.5 Å². The van der Waals surface area contributed by atoms with Crippen LogP contribution < -0.4 is 0 Å². The topological polar surface area (TPSA) is 140 Å². The van der Waals surface area contributed by atoms with Crippen LogP contribution in [0.15, 0.2) is 48.5 Å². The van der Waals surface area contributed by atoms with Gasteiger partial charge in [-0.3, -0.25) is 19.4 Å². The van der Waals surface area contributed by atoms with Crippen molar-refractivity contribution in [3.8, 4) is 11.5 Å². The van der Waals surface area contributed by atoms with E-state index in [0.717, 1.165) is 0 Å². The van der Waals surface area contributed by atoms with Crippen molar-refractivity contribution in [2.24, 2.45) is 10.8 Å². The summed E-state index contributed by atoms with van der Waals surface area (Å²) in [4.78, 5) is 29.0. The fraction of sp³-hybridized carbons (Fsp3) is 0.533. The first-order chi connectivity index (χ1) is 18.7. The number of nitrogens with zero attached hydrogens (tertiary/aromatic N) is 2. The quantitative estimate of drug-likeness (QED) is 0.227. The van der Waals surface area contributed by atoms with Crippen LogP contribution in [0.4, 0.5) is 0 Å². The van der Waals surface area contributed by atoms with Gasteiger partial charge in [-0.15, -0.1) is 0 Å². The van der Waals surface area contributed by atoms with Crippen molar-refractivity contribution in [1.82, 2.24) is 9.80 Å². The molecule has 0 aliphatic carbocycles. The Morgan fingerprint density at radius 3 is 1.43 bits per heavy atom. The van der Waals surface area contributed by atoms with Crippen LogP contribution in [0, 0.1) is 10.8 Å². The standard InChI is InChI=1S/C30H44N2O8/c1-29(2,19-39-5)25(27(35)36)32(26(28(37)38)30(3,4)20-40-6)16-15-31(17-21-11-7-9-13-23(21)33)18-22-12-8-10-14-24(22)34/h7-14,25-26,33-34H,15-20H2,1-6H3,(H,35,36)(H,37,38). The van der Waals surface area contributed by atoms with Gasteiger partial charge in [0, 0.05) is 62.4 Å². The molecule has 2 unspecified atom stereocenters. The lowest BCUT2D eigenvalue weighted by molar-refractivity contribution is -0.164. The van der Waals surface area contributed by atoms with Gasteiger partial charge in [0.15, 0.2) is 0 Å². The number of phenols is 2. The van der Waals surface area contributed by atoms with Gasteiger partial charge in [0.05, 0.1) is 13.2 Å². The number of aromatic hydroxyl groups is 2. The number of hydrogen-bond donors (Lipinski definition) is 4. The average molecular weight is 561 g/mol. The summed E-state index contributed by atoms with van der Waals surface area (Å²) in [5.41, 5.74) is -0.600. The van der Waals surface area contributed by atoms with Gasteiger partial charge >= 0.3 is 11.9 Å². The first-order valence-corrected chi connectivity index (χ1v) is 13.2. The molecule has 0 heterocycles. The van der Waals surface area contributed by atoms with Crippen LogP contribution >= 0.6 is 0 Å². The van der Waals surface area contributed by atoms with E-state index in [4.69, 9.17) is 9.47 Å². The second-order valence-corrected chi connectivity index (χ2v) is 11.5. The smallest absolute Gasteiger partial charge is 0.321 e. The number of rotatable bonds is 17. The van der Waals surface area contributed by atoms with Crippen LogP contribution in [0.25, 0.3) is 0 Å². The first kappa shape index (κ1) is 33.0. The predicted molar refractivity (Wildman–Crippen MR) is 151 cm³/mol. The number of benzene rings is 2. The molecule has 40 heavy (non-hydrogen) atoms. The summed E-state index contributed by atoms with van der Waals surface area (Å²) in [5.74, 6) is -2.10. The molecule has 0 bridgehead atoms. The highest BCUT2D eigenvalue weighted by molar-refractivity contribution is 5.79. The highest BCUT2D eigenvalue weighted by Crippen LogP contribution is 2.34. The van der Waals surface area contributed by atoms with Crippen molar-refractivity contribution in [3.63, 3.8) is 0 Å². The molecule has 222 valence electrons. The predicted octanol–water partition coefficient (Wildman–Crippen LogP) is 3.65. The van der Waals surface area contributed by atoms with E-state index in [1.165, 1.54) is 19.1 Å². The van der Waals surface area contributed by atoms with Crippen LogP contribution in [0.1, 0.15) is 38.8 Å². The Morgan fingerprint density at radius 2 is 1.10 bits per heavy atom. The van der Waals surface area contributed by atoms with Crippen molar-refractivity contribution in [2.75, 3.05) is 40.5 Å². The summed E-state index contributed by atoms with van der Waals surface area (Å²) in [6.07, 6.45) is 0. The molecule has 0 saturated carbocycles. The Hall–Kier alpha value is -3.18. The number of hydrogen-bond acceptors (Lipinski definition) is 8. The Morgan fingerprint density at radius 1 is 0.725 bits per heavy atom.